The molecule has 2 heterocycles. The van der Waals surface area contributed by atoms with Crippen molar-refractivity contribution in [3.05, 3.63) is 62.3 Å². The molecule has 0 radical (unpaired) electrons. The molecule has 3 rings (SSSR count). The minimum Gasteiger partial charge on any atom is -0.350 e. The molecule has 0 spiro atoms. The number of hydrogen-bond acceptors (Lipinski definition) is 5. The van der Waals surface area contributed by atoms with E-state index in [0.29, 0.717) is 23.4 Å². The van der Waals surface area contributed by atoms with Crippen LogP contribution in [0.1, 0.15) is 34.5 Å². The molecule has 1 unspecified atom stereocenters. The fraction of sp³-hybridized carbons (Fsp3) is 0.333. The predicted octanol–water partition coefficient (Wildman–Crippen LogP) is 2.97. The van der Waals surface area contributed by atoms with Crippen LogP contribution >= 0.6 is 11.3 Å². The number of thiophene rings is 1. The van der Waals surface area contributed by atoms with Gasteiger partial charge in [0.15, 0.2) is 0 Å². The lowest BCUT2D eigenvalue weighted by Gasteiger charge is -2.34. The van der Waals surface area contributed by atoms with Crippen LogP contribution in [0.4, 0.5) is 5.69 Å². The Morgan fingerprint density at radius 3 is 2.77 bits per heavy atom. The van der Waals surface area contributed by atoms with E-state index in [9.17, 15) is 19.7 Å². The summed E-state index contributed by atoms with van der Waals surface area (Å²) >= 11 is 1.36. The fourth-order valence-corrected chi connectivity index (χ4v) is 3.81. The molecule has 0 bridgehead atoms. The molecule has 1 saturated heterocycles. The molecule has 0 saturated carbocycles. The normalized spacial score (nSPS) is 16.9. The van der Waals surface area contributed by atoms with E-state index in [0.717, 1.165) is 12.8 Å². The minimum absolute atomic E-state index is 0.0250. The number of carbonyl (C=O) groups is 2. The van der Waals surface area contributed by atoms with Crippen LogP contribution in [0.3, 0.4) is 0 Å². The molecule has 1 fully saturated rings. The number of para-hydroxylation sites is 1. The van der Waals surface area contributed by atoms with Gasteiger partial charge in [-0.15, -0.1) is 11.3 Å². The number of likely N-dealkylation sites (tertiary alicyclic amines) is 1. The quantitative estimate of drug-likeness (QED) is 0.644. The summed E-state index contributed by atoms with van der Waals surface area (Å²) in [7, 11) is 0. The van der Waals surface area contributed by atoms with Gasteiger partial charge in [0.1, 0.15) is 6.04 Å². The van der Waals surface area contributed by atoms with Crippen LogP contribution in [0.2, 0.25) is 0 Å². The van der Waals surface area contributed by atoms with E-state index in [4.69, 9.17) is 0 Å². The van der Waals surface area contributed by atoms with Crippen LogP contribution in [-0.4, -0.2) is 34.2 Å². The van der Waals surface area contributed by atoms with Crippen molar-refractivity contribution in [3.63, 3.8) is 0 Å². The third kappa shape index (κ3) is 3.91. The molecule has 1 aliphatic rings. The highest BCUT2D eigenvalue weighted by Crippen LogP contribution is 2.22. The Bertz CT molecular complexity index is 807. The molecule has 2 aromatic rings. The standard InChI is InChI=1S/C18H19N3O4S/c22-17(19-12-13-6-1-2-7-14(13)21(24)25)15-8-3-4-10-20(15)18(23)16-9-5-11-26-16/h1-2,5-7,9,11,15H,3-4,8,10,12H2,(H,19,22). The summed E-state index contributed by atoms with van der Waals surface area (Å²) in [6, 6.07) is 9.34. The van der Waals surface area contributed by atoms with Crippen molar-refractivity contribution < 1.29 is 14.5 Å². The molecule has 26 heavy (non-hydrogen) atoms. The molecule has 1 aromatic heterocycles. The van der Waals surface area contributed by atoms with Gasteiger partial charge in [0.2, 0.25) is 5.91 Å². The highest BCUT2D eigenvalue weighted by atomic mass is 32.1. The maximum absolute atomic E-state index is 12.7. The fourth-order valence-electron chi connectivity index (χ4n) is 3.13. The van der Waals surface area contributed by atoms with Gasteiger partial charge in [0.05, 0.1) is 9.80 Å². The first kappa shape index (κ1) is 18.1. The van der Waals surface area contributed by atoms with E-state index in [2.05, 4.69) is 5.32 Å². The van der Waals surface area contributed by atoms with Gasteiger partial charge in [-0.3, -0.25) is 19.7 Å². The maximum atomic E-state index is 12.7. The van der Waals surface area contributed by atoms with Crippen LogP contribution in [0.25, 0.3) is 0 Å². The number of nitrogens with zero attached hydrogens (tertiary/aromatic N) is 2. The Kier molecular flexibility index (Phi) is 5.62. The SMILES string of the molecule is O=C(NCc1ccccc1[N+](=O)[O-])C1CCCCN1C(=O)c1cccs1. The van der Waals surface area contributed by atoms with Crippen molar-refractivity contribution >= 4 is 28.8 Å². The van der Waals surface area contributed by atoms with E-state index in [1.54, 1.807) is 29.2 Å². The molecule has 1 N–H and O–H groups in total. The summed E-state index contributed by atoms with van der Waals surface area (Å²) in [5, 5.41) is 15.7. The van der Waals surface area contributed by atoms with Crippen molar-refractivity contribution in [2.75, 3.05) is 6.54 Å². The van der Waals surface area contributed by atoms with Gasteiger partial charge in [-0.25, -0.2) is 0 Å². The zero-order valence-corrected chi connectivity index (χ0v) is 14.9. The highest BCUT2D eigenvalue weighted by Gasteiger charge is 2.33. The van der Waals surface area contributed by atoms with E-state index < -0.39 is 11.0 Å². The number of nitrogens with one attached hydrogen (secondary N) is 1. The second-order valence-corrected chi connectivity index (χ2v) is 7.04. The summed E-state index contributed by atoms with van der Waals surface area (Å²) in [5.41, 5.74) is 0.417. The lowest BCUT2D eigenvalue weighted by molar-refractivity contribution is -0.385. The topological polar surface area (TPSA) is 92.5 Å². The zero-order chi connectivity index (χ0) is 18.5. The van der Waals surface area contributed by atoms with Crippen molar-refractivity contribution in [2.24, 2.45) is 0 Å². The number of amides is 2. The molecule has 8 heteroatoms. The van der Waals surface area contributed by atoms with Gasteiger partial charge >= 0.3 is 0 Å². The molecule has 136 valence electrons. The lowest BCUT2D eigenvalue weighted by Crippen LogP contribution is -2.51. The molecule has 7 nitrogen and oxygen atoms in total. The summed E-state index contributed by atoms with van der Waals surface area (Å²) in [4.78, 5) is 38.2. The van der Waals surface area contributed by atoms with Gasteiger partial charge in [-0.2, -0.15) is 0 Å². The Morgan fingerprint density at radius 1 is 1.23 bits per heavy atom. The third-order valence-electron chi connectivity index (χ3n) is 4.44. The molecular weight excluding hydrogens is 354 g/mol. The molecule has 0 aliphatic carbocycles. The van der Waals surface area contributed by atoms with Gasteiger partial charge < -0.3 is 10.2 Å². The largest absolute Gasteiger partial charge is 0.350 e. The van der Waals surface area contributed by atoms with Gasteiger partial charge in [0.25, 0.3) is 11.6 Å². The zero-order valence-electron chi connectivity index (χ0n) is 14.1. The first-order valence-corrected chi connectivity index (χ1v) is 9.30. The Morgan fingerprint density at radius 2 is 2.04 bits per heavy atom. The number of hydrogen-bond donors (Lipinski definition) is 1. The van der Waals surface area contributed by atoms with Crippen LogP contribution in [0, 0.1) is 10.1 Å². The van der Waals surface area contributed by atoms with Gasteiger partial charge in [-0.1, -0.05) is 24.3 Å². The molecular formula is C18H19N3O4S. The number of nitro groups is 1. The van der Waals surface area contributed by atoms with Crippen LogP contribution in [0.15, 0.2) is 41.8 Å². The van der Waals surface area contributed by atoms with Crippen LogP contribution in [-0.2, 0) is 11.3 Å². The number of nitro benzene ring substituents is 1. The number of carbonyl (C=O) groups excluding carboxylic acids is 2. The minimum atomic E-state index is -0.541. The Hall–Kier alpha value is -2.74. The van der Waals surface area contributed by atoms with Gasteiger partial charge in [-0.05, 0) is 30.7 Å². The average Bonchev–Trinajstić information content (AvgIpc) is 3.20. The van der Waals surface area contributed by atoms with E-state index in [-0.39, 0.29) is 24.0 Å². The first-order valence-electron chi connectivity index (χ1n) is 8.42. The van der Waals surface area contributed by atoms with E-state index in [1.807, 2.05) is 11.4 Å². The smallest absolute Gasteiger partial charge is 0.274 e. The highest BCUT2D eigenvalue weighted by molar-refractivity contribution is 7.12. The van der Waals surface area contributed by atoms with Crippen molar-refractivity contribution in [2.45, 2.75) is 31.8 Å². The summed E-state index contributed by atoms with van der Waals surface area (Å²) < 4.78 is 0. The summed E-state index contributed by atoms with van der Waals surface area (Å²) in [6.07, 6.45) is 2.34. The number of rotatable bonds is 5. The first-order chi connectivity index (χ1) is 12.6. The molecule has 2 amide bonds. The molecule has 1 aromatic carbocycles. The van der Waals surface area contributed by atoms with E-state index in [1.165, 1.54) is 17.4 Å². The second kappa shape index (κ2) is 8.09. The lowest BCUT2D eigenvalue weighted by atomic mass is 10.0. The van der Waals surface area contributed by atoms with Crippen LogP contribution in [0.5, 0.6) is 0 Å². The number of piperidine rings is 1. The molecule has 1 aliphatic heterocycles. The second-order valence-electron chi connectivity index (χ2n) is 6.09. The Labute approximate surface area is 154 Å². The van der Waals surface area contributed by atoms with E-state index >= 15 is 0 Å². The van der Waals surface area contributed by atoms with Crippen molar-refractivity contribution in [1.29, 1.82) is 0 Å². The monoisotopic (exact) mass is 373 g/mol. The van der Waals surface area contributed by atoms with Crippen molar-refractivity contribution in [1.82, 2.24) is 10.2 Å². The summed E-state index contributed by atoms with van der Waals surface area (Å²) in [5.74, 6) is -0.404. The van der Waals surface area contributed by atoms with Gasteiger partial charge in [0, 0.05) is 24.7 Å². The van der Waals surface area contributed by atoms with Crippen molar-refractivity contribution in [3.8, 4) is 0 Å². The average molecular weight is 373 g/mol. The summed E-state index contributed by atoms with van der Waals surface area (Å²) in [6.45, 7) is 0.605. The predicted molar refractivity (Wildman–Crippen MR) is 97.9 cm³/mol. The number of benzene rings is 1. The van der Waals surface area contributed by atoms with Crippen LogP contribution < -0.4 is 5.32 Å². The third-order valence-corrected chi connectivity index (χ3v) is 5.30. The Balaban J connectivity index is 1.70. The maximum Gasteiger partial charge on any atom is 0.274 e. The molecule has 1 atom stereocenters.